The largest absolute Gasteiger partial charge is 0.355 e. The molecule has 2 aromatic rings. The molecule has 2 rings (SSSR count). The van der Waals surface area contributed by atoms with Crippen molar-refractivity contribution in [2.45, 2.75) is 19.1 Å². The first kappa shape index (κ1) is 16.0. The normalized spacial score (nSPS) is 10.6. The molecule has 0 unspecified atom stereocenters. The zero-order valence-electron chi connectivity index (χ0n) is 11.8. The summed E-state index contributed by atoms with van der Waals surface area (Å²) in [4.78, 5) is 16.0. The lowest BCUT2D eigenvalue weighted by molar-refractivity contribution is -0.118. The molecule has 0 bridgehead atoms. The molecule has 1 heterocycles. The molecular weight excluding hydrogens is 307 g/mol. The number of halogens is 1. The minimum Gasteiger partial charge on any atom is -0.355 e. The van der Waals surface area contributed by atoms with Crippen molar-refractivity contribution in [2.75, 3.05) is 12.3 Å². The van der Waals surface area contributed by atoms with Crippen LogP contribution in [0.5, 0.6) is 0 Å². The first-order chi connectivity index (χ1) is 10.1. The summed E-state index contributed by atoms with van der Waals surface area (Å²) in [6, 6.07) is 6.34. The van der Waals surface area contributed by atoms with E-state index in [-0.39, 0.29) is 11.7 Å². The number of thiazole rings is 1. The summed E-state index contributed by atoms with van der Waals surface area (Å²) in [5.41, 5.74) is 2.05. The van der Waals surface area contributed by atoms with E-state index in [0.717, 1.165) is 22.0 Å². The van der Waals surface area contributed by atoms with E-state index in [4.69, 9.17) is 0 Å². The second-order valence-corrected chi connectivity index (χ2v) is 6.62. The molecule has 0 aliphatic rings. The van der Waals surface area contributed by atoms with Crippen molar-refractivity contribution in [3.05, 3.63) is 51.7 Å². The first-order valence-electron chi connectivity index (χ1n) is 6.63. The van der Waals surface area contributed by atoms with Gasteiger partial charge in [0.2, 0.25) is 5.91 Å². The van der Waals surface area contributed by atoms with E-state index in [1.165, 1.54) is 12.1 Å². The quantitative estimate of drug-likeness (QED) is 0.850. The van der Waals surface area contributed by atoms with Crippen molar-refractivity contribution in [1.29, 1.82) is 0 Å². The number of rotatable bonds is 7. The van der Waals surface area contributed by atoms with Gasteiger partial charge < -0.3 is 5.32 Å². The number of thioether (sulfide) groups is 1. The fourth-order valence-electron chi connectivity index (χ4n) is 1.77. The van der Waals surface area contributed by atoms with Crippen LogP contribution in [0.2, 0.25) is 0 Å². The third-order valence-corrected chi connectivity index (χ3v) is 4.59. The number of carbonyl (C=O) groups is 1. The van der Waals surface area contributed by atoms with Gasteiger partial charge in [0, 0.05) is 17.7 Å². The standard InChI is InChI=1S/C15H17FN2OS2/c1-11-18-14(9-21-11)8-20-10-15(19)17-7-6-12-2-4-13(16)5-3-12/h2-5,9H,6-8,10H2,1H3,(H,17,19). The molecule has 0 radical (unpaired) electrons. The fourth-order valence-corrected chi connectivity index (χ4v) is 3.24. The molecule has 0 aliphatic carbocycles. The highest BCUT2D eigenvalue weighted by molar-refractivity contribution is 7.99. The highest BCUT2D eigenvalue weighted by Crippen LogP contribution is 2.14. The number of hydrogen-bond acceptors (Lipinski definition) is 4. The highest BCUT2D eigenvalue weighted by Gasteiger charge is 2.03. The first-order valence-corrected chi connectivity index (χ1v) is 8.67. The molecule has 0 fully saturated rings. The molecule has 1 N–H and O–H groups in total. The smallest absolute Gasteiger partial charge is 0.230 e. The Morgan fingerprint density at radius 3 is 2.81 bits per heavy atom. The van der Waals surface area contributed by atoms with Crippen LogP contribution in [0.25, 0.3) is 0 Å². The summed E-state index contributed by atoms with van der Waals surface area (Å²) >= 11 is 3.18. The molecule has 0 spiro atoms. The summed E-state index contributed by atoms with van der Waals surface area (Å²) in [7, 11) is 0. The molecule has 6 heteroatoms. The molecule has 3 nitrogen and oxygen atoms in total. The monoisotopic (exact) mass is 324 g/mol. The van der Waals surface area contributed by atoms with Crippen molar-refractivity contribution in [1.82, 2.24) is 10.3 Å². The molecule has 21 heavy (non-hydrogen) atoms. The summed E-state index contributed by atoms with van der Waals surface area (Å²) in [6.07, 6.45) is 0.710. The Morgan fingerprint density at radius 1 is 1.38 bits per heavy atom. The van der Waals surface area contributed by atoms with Crippen molar-refractivity contribution >= 4 is 29.0 Å². The molecule has 0 saturated heterocycles. The third kappa shape index (κ3) is 5.85. The van der Waals surface area contributed by atoms with Gasteiger partial charge in [-0.05, 0) is 31.0 Å². The van der Waals surface area contributed by atoms with Gasteiger partial charge in [-0.3, -0.25) is 4.79 Å². The molecule has 0 saturated carbocycles. The molecule has 112 valence electrons. The fraction of sp³-hybridized carbons (Fsp3) is 0.333. The SMILES string of the molecule is Cc1nc(CSCC(=O)NCCc2ccc(F)cc2)cs1. The molecule has 0 atom stereocenters. The molecule has 1 aromatic heterocycles. The predicted molar refractivity (Wildman–Crippen MR) is 86.1 cm³/mol. The molecule has 0 aliphatic heterocycles. The van der Waals surface area contributed by atoms with E-state index < -0.39 is 0 Å². The van der Waals surface area contributed by atoms with Crippen LogP contribution in [-0.4, -0.2) is 23.2 Å². The van der Waals surface area contributed by atoms with Crippen LogP contribution in [0.3, 0.4) is 0 Å². The van der Waals surface area contributed by atoms with Gasteiger partial charge in [-0.25, -0.2) is 9.37 Å². The highest BCUT2D eigenvalue weighted by atomic mass is 32.2. The Hall–Kier alpha value is -1.40. The maximum atomic E-state index is 12.7. The lowest BCUT2D eigenvalue weighted by atomic mass is 10.1. The van der Waals surface area contributed by atoms with E-state index in [9.17, 15) is 9.18 Å². The van der Waals surface area contributed by atoms with Crippen LogP contribution >= 0.6 is 23.1 Å². The number of carbonyl (C=O) groups excluding carboxylic acids is 1. The van der Waals surface area contributed by atoms with Crippen molar-refractivity contribution in [3.8, 4) is 0 Å². The van der Waals surface area contributed by atoms with Gasteiger partial charge in [0.25, 0.3) is 0 Å². The van der Waals surface area contributed by atoms with Crippen LogP contribution in [0.15, 0.2) is 29.6 Å². The number of aromatic nitrogens is 1. The van der Waals surface area contributed by atoms with E-state index in [2.05, 4.69) is 10.3 Å². The topological polar surface area (TPSA) is 42.0 Å². The lowest BCUT2D eigenvalue weighted by Crippen LogP contribution is -2.27. The van der Waals surface area contributed by atoms with Gasteiger partial charge >= 0.3 is 0 Å². The second-order valence-electron chi connectivity index (χ2n) is 4.58. The minimum atomic E-state index is -0.239. The van der Waals surface area contributed by atoms with Crippen LogP contribution in [0.1, 0.15) is 16.3 Å². The summed E-state index contributed by atoms with van der Waals surface area (Å²) in [5.74, 6) is 0.973. The van der Waals surface area contributed by atoms with Gasteiger partial charge in [0.05, 0.1) is 16.5 Å². The van der Waals surface area contributed by atoms with Gasteiger partial charge in [0.1, 0.15) is 5.82 Å². The Bertz CT molecular complexity index is 584. The summed E-state index contributed by atoms with van der Waals surface area (Å²) in [6.45, 7) is 2.54. The Balaban J connectivity index is 1.60. The zero-order valence-corrected chi connectivity index (χ0v) is 13.4. The van der Waals surface area contributed by atoms with Gasteiger partial charge in [-0.2, -0.15) is 0 Å². The number of hydrogen-bond donors (Lipinski definition) is 1. The van der Waals surface area contributed by atoms with Crippen LogP contribution in [0.4, 0.5) is 4.39 Å². The average Bonchev–Trinajstić information content (AvgIpc) is 2.87. The Labute approximate surface area is 132 Å². The predicted octanol–water partition coefficient (Wildman–Crippen LogP) is 3.18. The van der Waals surface area contributed by atoms with Crippen molar-refractivity contribution in [3.63, 3.8) is 0 Å². The maximum absolute atomic E-state index is 12.7. The summed E-state index contributed by atoms with van der Waals surface area (Å²) in [5, 5.41) is 5.94. The van der Waals surface area contributed by atoms with Crippen LogP contribution < -0.4 is 5.32 Å². The van der Waals surface area contributed by atoms with Gasteiger partial charge in [-0.15, -0.1) is 23.1 Å². The Morgan fingerprint density at radius 2 is 2.14 bits per heavy atom. The van der Waals surface area contributed by atoms with Crippen molar-refractivity contribution in [2.24, 2.45) is 0 Å². The maximum Gasteiger partial charge on any atom is 0.230 e. The van der Waals surface area contributed by atoms with E-state index in [1.807, 2.05) is 12.3 Å². The number of aryl methyl sites for hydroxylation is 1. The third-order valence-electron chi connectivity index (χ3n) is 2.80. The van der Waals surface area contributed by atoms with Crippen LogP contribution in [-0.2, 0) is 17.0 Å². The number of amides is 1. The molecular formula is C15H17FN2OS2. The van der Waals surface area contributed by atoms with E-state index in [0.29, 0.717) is 18.7 Å². The van der Waals surface area contributed by atoms with Gasteiger partial charge in [-0.1, -0.05) is 12.1 Å². The zero-order chi connectivity index (χ0) is 15.1. The average molecular weight is 324 g/mol. The summed E-state index contributed by atoms with van der Waals surface area (Å²) < 4.78 is 12.7. The number of nitrogens with zero attached hydrogens (tertiary/aromatic N) is 1. The second kappa shape index (κ2) is 8.14. The van der Waals surface area contributed by atoms with E-state index >= 15 is 0 Å². The molecule has 1 amide bonds. The Kier molecular flexibility index (Phi) is 6.20. The van der Waals surface area contributed by atoms with Crippen molar-refractivity contribution < 1.29 is 9.18 Å². The minimum absolute atomic E-state index is 0.0223. The number of benzene rings is 1. The molecule has 1 aromatic carbocycles. The van der Waals surface area contributed by atoms with Gasteiger partial charge in [0.15, 0.2) is 0 Å². The van der Waals surface area contributed by atoms with E-state index in [1.54, 1.807) is 35.2 Å². The lowest BCUT2D eigenvalue weighted by Gasteiger charge is -2.05. The number of nitrogens with one attached hydrogen (secondary N) is 1. The van der Waals surface area contributed by atoms with Crippen LogP contribution in [0, 0.1) is 12.7 Å².